The first-order valence-corrected chi connectivity index (χ1v) is 8.22. The lowest BCUT2D eigenvalue weighted by atomic mass is 9.84. The van der Waals surface area contributed by atoms with Gasteiger partial charge in [0.15, 0.2) is 0 Å². The van der Waals surface area contributed by atoms with Crippen molar-refractivity contribution in [1.82, 2.24) is 4.90 Å². The third kappa shape index (κ3) is 6.25. The summed E-state index contributed by atoms with van der Waals surface area (Å²) in [6.45, 7) is 5.71. The van der Waals surface area contributed by atoms with E-state index in [1.54, 1.807) is 12.1 Å². The van der Waals surface area contributed by atoms with Crippen LogP contribution in [0.1, 0.15) is 25.0 Å². The number of nitrogens with zero attached hydrogens (tertiary/aromatic N) is 1. The highest BCUT2D eigenvalue weighted by molar-refractivity contribution is 6.30. The third-order valence-electron chi connectivity index (χ3n) is 3.90. The van der Waals surface area contributed by atoms with Crippen molar-refractivity contribution in [2.75, 3.05) is 13.6 Å². The van der Waals surface area contributed by atoms with Crippen LogP contribution in [-0.2, 0) is 12.0 Å². The van der Waals surface area contributed by atoms with Gasteiger partial charge in [-0.1, -0.05) is 49.7 Å². The van der Waals surface area contributed by atoms with Gasteiger partial charge in [-0.3, -0.25) is 0 Å². The quantitative estimate of drug-likeness (QED) is 0.650. The number of alkyl halides is 3. The Labute approximate surface area is 151 Å². The Balaban J connectivity index is 1.97. The fourth-order valence-corrected chi connectivity index (χ4v) is 2.96. The Morgan fingerprint density at radius 3 is 2.04 bits per heavy atom. The predicted octanol–water partition coefficient (Wildman–Crippen LogP) is 5.65. The fraction of sp³-hybridized carbons (Fsp3) is 0.368. The Bertz CT molecular complexity index is 681. The third-order valence-corrected chi connectivity index (χ3v) is 4.15. The molecule has 0 aliphatic rings. The van der Waals surface area contributed by atoms with Gasteiger partial charge >= 0.3 is 6.36 Å². The van der Waals surface area contributed by atoms with Crippen LogP contribution in [-0.4, -0.2) is 24.9 Å². The van der Waals surface area contributed by atoms with E-state index in [2.05, 4.69) is 23.5 Å². The smallest absolute Gasteiger partial charge is 0.406 e. The molecule has 2 rings (SSSR count). The summed E-state index contributed by atoms with van der Waals surface area (Å²) in [5.74, 6) is -0.208. The lowest BCUT2D eigenvalue weighted by molar-refractivity contribution is -0.274. The summed E-state index contributed by atoms with van der Waals surface area (Å²) < 4.78 is 40.4. The van der Waals surface area contributed by atoms with Gasteiger partial charge in [-0.15, -0.1) is 13.2 Å². The first kappa shape index (κ1) is 19.6. The molecule has 0 radical (unpaired) electrons. The van der Waals surface area contributed by atoms with Gasteiger partial charge in [-0.05, 0) is 42.4 Å². The van der Waals surface area contributed by atoms with E-state index in [4.69, 9.17) is 11.6 Å². The molecule has 0 spiro atoms. The minimum absolute atomic E-state index is 0.0846. The van der Waals surface area contributed by atoms with Crippen molar-refractivity contribution in [2.45, 2.75) is 32.2 Å². The van der Waals surface area contributed by atoms with Crippen LogP contribution >= 0.6 is 11.6 Å². The molecule has 0 aliphatic heterocycles. The average molecular weight is 372 g/mol. The van der Waals surface area contributed by atoms with Crippen molar-refractivity contribution < 1.29 is 17.9 Å². The molecule has 2 aromatic carbocycles. The second-order valence-electron chi connectivity index (χ2n) is 6.75. The van der Waals surface area contributed by atoms with Crippen LogP contribution in [0.15, 0.2) is 48.5 Å². The second-order valence-corrected chi connectivity index (χ2v) is 7.19. The van der Waals surface area contributed by atoms with Crippen LogP contribution in [0.25, 0.3) is 0 Å². The van der Waals surface area contributed by atoms with E-state index in [9.17, 15) is 13.2 Å². The van der Waals surface area contributed by atoms with Gasteiger partial charge in [0.2, 0.25) is 0 Å². The monoisotopic (exact) mass is 371 g/mol. The number of halogens is 4. The molecule has 2 aromatic rings. The number of benzene rings is 2. The fourth-order valence-electron chi connectivity index (χ4n) is 2.83. The predicted molar refractivity (Wildman–Crippen MR) is 93.9 cm³/mol. The molecule has 0 heterocycles. The standard InChI is InChI=1S/C19H21ClF3NO/c1-18(2,15-6-8-16(20)9-7-15)13-24(3)12-14-4-10-17(11-5-14)25-19(21,22)23/h4-11H,12-13H2,1-3H3. The van der Waals surface area contributed by atoms with Gasteiger partial charge in [0, 0.05) is 23.5 Å². The maximum atomic E-state index is 12.2. The Morgan fingerprint density at radius 1 is 0.960 bits per heavy atom. The van der Waals surface area contributed by atoms with Crippen molar-refractivity contribution in [3.63, 3.8) is 0 Å². The van der Waals surface area contributed by atoms with Gasteiger partial charge in [0.1, 0.15) is 5.75 Å². The van der Waals surface area contributed by atoms with E-state index in [0.29, 0.717) is 11.6 Å². The van der Waals surface area contributed by atoms with Gasteiger partial charge in [0.05, 0.1) is 0 Å². The minimum atomic E-state index is -4.67. The summed E-state index contributed by atoms with van der Waals surface area (Å²) in [5, 5.41) is 0.703. The molecule has 0 saturated carbocycles. The SMILES string of the molecule is CN(Cc1ccc(OC(F)(F)F)cc1)CC(C)(C)c1ccc(Cl)cc1. The molecule has 0 N–H and O–H groups in total. The van der Waals surface area contributed by atoms with Crippen LogP contribution in [0, 0.1) is 0 Å². The molecule has 0 aromatic heterocycles. The van der Waals surface area contributed by atoms with E-state index in [1.165, 1.54) is 17.7 Å². The maximum Gasteiger partial charge on any atom is 0.573 e. The summed E-state index contributed by atoms with van der Waals surface area (Å²) in [7, 11) is 1.98. The zero-order chi connectivity index (χ0) is 18.7. The highest BCUT2D eigenvalue weighted by Gasteiger charge is 2.31. The lowest BCUT2D eigenvalue weighted by Crippen LogP contribution is -2.34. The molecule has 0 bridgehead atoms. The molecule has 0 amide bonds. The highest BCUT2D eigenvalue weighted by Crippen LogP contribution is 2.27. The van der Waals surface area contributed by atoms with Crippen molar-refractivity contribution in [3.8, 4) is 5.75 Å². The van der Waals surface area contributed by atoms with Gasteiger partial charge in [0.25, 0.3) is 0 Å². The number of likely N-dealkylation sites (N-methyl/N-ethyl adjacent to an activating group) is 1. The Morgan fingerprint density at radius 2 is 1.52 bits per heavy atom. The molecule has 0 unspecified atom stereocenters. The molecular weight excluding hydrogens is 351 g/mol. The van der Waals surface area contributed by atoms with Crippen LogP contribution in [0.2, 0.25) is 5.02 Å². The molecular formula is C19H21ClF3NO. The van der Waals surface area contributed by atoms with Gasteiger partial charge in [-0.2, -0.15) is 0 Å². The zero-order valence-electron chi connectivity index (χ0n) is 14.4. The minimum Gasteiger partial charge on any atom is -0.406 e. The Kier molecular flexibility index (Phi) is 6.01. The van der Waals surface area contributed by atoms with E-state index in [1.807, 2.05) is 31.3 Å². The van der Waals surface area contributed by atoms with Crippen molar-refractivity contribution in [1.29, 1.82) is 0 Å². The molecule has 0 atom stereocenters. The molecule has 0 fully saturated rings. The largest absolute Gasteiger partial charge is 0.573 e. The maximum absolute atomic E-state index is 12.2. The van der Waals surface area contributed by atoms with E-state index in [0.717, 1.165) is 12.1 Å². The van der Waals surface area contributed by atoms with Gasteiger partial charge < -0.3 is 9.64 Å². The summed E-state index contributed by atoms with van der Waals surface area (Å²) in [6, 6.07) is 13.7. The van der Waals surface area contributed by atoms with E-state index < -0.39 is 6.36 Å². The highest BCUT2D eigenvalue weighted by atomic mass is 35.5. The van der Waals surface area contributed by atoms with Crippen molar-refractivity contribution >= 4 is 11.6 Å². The van der Waals surface area contributed by atoms with Crippen LogP contribution in [0.4, 0.5) is 13.2 Å². The van der Waals surface area contributed by atoms with Crippen LogP contribution in [0.3, 0.4) is 0 Å². The summed E-state index contributed by atoms with van der Waals surface area (Å²) >= 11 is 5.94. The molecule has 25 heavy (non-hydrogen) atoms. The number of hydrogen-bond acceptors (Lipinski definition) is 2. The van der Waals surface area contributed by atoms with Crippen LogP contribution in [0.5, 0.6) is 5.75 Å². The summed E-state index contributed by atoms with van der Waals surface area (Å²) in [4.78, 5) is 2.13. The molecule has 2 nitrogen and oxygen atoms in total. The van der Waals surface area contributed by atoms with E-state index in [-0.39, 0.29) is 11.2 Å². The normalized spacial score (nSPS) is 12.5. The first-order chi connectivity index (χ1) is 11.5. The lowest BCUT2D eigenvalue weighted by Gasteiger charge is -2.31. The number of ether oxygens (including phenoxy) is 1. The molecule has 0 aliphatic carbocycles. The number of hydrogen-bond donors (Lipinski definition) is 0. The number of rotatable bonds is 6. The first-order valence-electron chi connectivity index (χ1n) is 7.84. The van der Waals surface area contributed by atoms with Gasteiger partial charge in [-0.25, -0.2) is 0 Å². The van der Waals surface area contributed by atoms with Crippen molar-refractivity contribution in [2.24, 2.45) is 0 Å². The zero-order valence-corrected chi connectivity index (χ0v) is 15.2. The second kappa shape index (κ2) is 7.67. The summed E-state index contributed by atoms with van der Waals surface area (Å²) in [5.41, 5.74) is 2.01. The van der Waals surface area contributed by atoms with Crippen LogP contribution < -0.4 is 4.74 Å². The molecule has 136 valence electrons. The Hall–Kier alpha value is -1.72. The van der Waals surface area contributed by atoms with E-state index >= 15 is 0 Å². The summed E-state index contributed by atoms with van der Waals surface area (Å²) in [6.07, 6.45) is -4.67. The topological polar surface area (TPSA) is 12.5 Å². The average Bonchev–Trinajstić information content (AvgIpc) is 2.47. The van der Waals surface area contributed by atoms with Crippen molar-refractivity contribution in [3.05, 3.63) is 64.7 Å². The molecule has 6 heteroatoms. The molecule has 0 saturated heterocycles.